The summed E-state index contributed by atoms with van der Waals surface area (Å²) in [5, 5.41) is 0.527. The quantitative estimate of drug-likeness (QED) is 0.729. The Morgan fingerprint density at radius 1 is 1.20 bits per heavy atom. The third-order valence-electron chi connectivity index (χ3n) is 2.20. The highest BCUT2D eigenvalue weighted by atomic mass is 35.5. The van der Waals surface area contributed by atoms with Gasteiger partial charge in [-0.1, -0.05) is 18.5 Å². The summed E-state index contributed by atoms with van der Waals surface area (Å²) in [5.41, 5.74) is 2.89. The Bertz CT molecular complexity index is 457. The smallest absolute Gasteiger partial charge is 0.136 e. The van der Waals surface area contributed by atoms with Gasteiger partial charge in [-0.15, -0.1) is 0 Å². The van der Waals surface area contributed by atoms with Crippen LogP contribution in [0, 0.1) is 0 Å². The molecule has 4 heteroatoms. The number of hydrogen-bond acceptors (Lipinski definition) is 3. The van der Waals surface area contributed by atoms with Crippen LogP contribution in [0.4, 0.5) is 0 Å². The average Bonchev–Trinajstić information content (AvgIpc) is 2.30. The molecule has 0 aliphatic carbocycles. The number of nitrogens with zero attached hydrogens (tertiary/aromatic N) is 3. The maximum atomic E-state index is 6.01. The summed E-state index contributed by atoms with van der Waals surface area (Å²) in [5.74, 6) is 0. The van der Waals surface area contributed by atoms with Gasteiger partial charge in [-0.05, 0) is 18.6 Å². The van der Waals surface area contributed by atoms with Crippen molar-refractivity contribution in [2.75, 3.05) is 0 Å². The van der Waals surface area contributed by atoms with E-state index in [0.29, 0.717) is 5.15 Å². The van der Waals surface area contributed by atoms with Crippen molar-refractivity contribution in [1.29, 1.82) is 0 Å². The van der Waals surface area contributed by atoms with E-state index >= 15 is 0 Å². The zero-order valence-electron chi connectivity index (χ0n) is 8.31. The lowest BCUT2D eigenvalue weighted by Crippen LogP contribution is -1.95. The first-order chi connectivity index (χ1) is 7.33. The highest BCUT2D eigenvalue weighted by Crippen LogP contribution is 2.25. The molecule has 15 heavy (non-hydrogen) atoms. The van der Waals surface area contributed by atoms with Gasteiger partial charge in [-0.2, -0.15) is 0 Å². The van der Waals surface area contributed by atoms with Gasteiger partial charge in [0, 0.05) is 23.5 Å². The fourth-order valence-corrected chi connectivity index (χ4v) is 1.73. The van der Waals surface area contributed by atoms with E-state index in [9.17, 15) is 0 Å². The van der Waals surface area contributed by atoms with Crippen LogP contribution in [0.5, 0.6) is 0 Å². The Labute approximate surface area is 93.2 Å². The van der Waals surface area contributed by atoms with Crippen molar-refractivity contribution in [1.82, 2.24) is 15.0 Å². The van der Waals surface area contributed by atoms with Crippen molar-refractivity contribution in [2.24, 2.45) is 0 Å². The van der Waals surface area contributed by atoms with Crippen LogP contribution >= 0.6 is 11.6 Å². The molecule has 0 bridgehead atoms. The van der Waals surface area contributed by atoms with Gasteiger partial charge in [0.2, 0.25) is 0 Å². The minimum absolute atomic E-state index is 0.527. The third-order valence-corrected chi connectivity index (χ3v) is 2.53. The number of rotatable bonds is 2. The SMILES string of the molecule is CCc1c(Cl)ncnc1-c1ccncc1. The van der Waals surface area contributed by atoms with Crippen LogP contribution in [0.3, 0.4) is 0 Å². The highest BCUT2D eigenvalue weighted by molar-refractivity contribution is 6.30. The predicted molar refractivity (Wildman–Crippen MR) is 59.7 cm³/mol. The molecular weight excluding hydrogens is 210 g/mol. The fraction of sp³-hybridized carbons (Fsp3) is 0.182. The standard InChI is InChI=1S/C11H10ClN3/c1-2-9-10(14-7-15-11(9)12)8-3-5-13-6-4-8/h3-7H,2H2,1H3. The molecule has 0 N–H and O–H groups in total. The van der Waals surface area contributed by atoms with E-state index in [1.807, 2.05) is 19.1 Å². The van der Waals surface area contributed by atoms with E-state index in [1.165, 1.54) is 6.33 Å². The number of aromatic nitrogens is 3. The second-order valence-corrected chi connectivity index (χ2v) is 3.44. The first kappa shape index (κ1) is 10.1. The maximum absolute atomic E-state index is 6.01. The normalized spacial score (nSPS) is 10.3. The molecule has 2 aromatic rings. The largest absolute Gasteiger partial charge is 0.265 e. The molecule has 2 heterocycles. The average molecular weight is 220 g/mol. The summed E-state index contributed by atoms with van der Waals surface area (Å²) in [6.07, 6.45) is 5.78. The van der Waals surface area contributed by atoms with Gasteiger partial charge >= 0.3 is 0 Å². The van der Waals surface area contributed by atoms with E-state index in [4.69, 9.17) is 11.6 Å². The summed E-state index contributed by atoms with van der Waals surface area (Å²) >= 11 is 6.01. The summed E-state index contributed by atoms with van der Waals surface area (Å²) in [6, 6.07) is 3.83. The van der Waals surface area contributed by atoms with Crippen LogP contribution in [0.15, 0.2) is 30.9 Å². The molecule has 0 radical (unpaired) electrons. The van der Waals surface area contributed by atoms with E-state index in [2.05, 4.69) is 15.0 Å². The minimum Gasteiger partial charge on any atom is -0.265 e. The van der Waals surface area contributed by atoms with Crippen molar-refractivity contribution in [3.63, 3.8) is 0 Å². The van der Waals surface area contributed by atoms with Crippen LogP contribution in [0.1, 0.15) is 12.5 Å². The monoisotopic (exact) mass is 219 g/mol. The Morgan fingerprint density at radius 2 is 1.93 bits per heavy atom. The summed E-state index contributed by atoms with van der Waals surface area (Å²) in [4.78, 5) is 12.2. The molecule has 3 nitrogen and oxygen atoms in total. The molecule has 0 amide bonds. The lowest BCUT2D eigenvalue weighted by molar-refractivity contribution is 1.05. The lowest BCUT2D eigenvalue weighted by Gasteiger charge is -2.06. The topological polar surface area (TPSA) is 38.7 Å². The van der Waals surface area contributed by atoms with Gasteiger partial charge in [0.15, 0.2) is 0 Å². The van der Waals surface area contributed by atoms with Gasteiger partial charge in [0.1, 0.15) is 11.5 Å². The van der Waals surface area contributed by atoms with Crippen molar-refractivity contribution in [3.05, 3.63) is 41.6 Å². The molecule has 0 unspecified atom stereocenters. The molecular formula is C11H10ClN3. The Kier molecular flexibility index (Phi) is 2.92. The Hall–Kier alpha value is -1.48. The second-order valence-electron chi connectivity index (χ2n) is 3.08. The molecule has 0 saturated carbocycles. The number of pyridine rings is 1. The maximum Gasteiger partial charge on any atom is 0.136 e. The van der Waals surface area contributed by atoms with E-state index in [0.717, 1.165) is 23.2 Å². The molecule has 0 atom stereocenters. The minimum atomic E-state index is 0.527. The summed E-state index contributed by atoms with van der Waals surface area (Å²) < 4.78 is 0. The third kappa shape index (κ3) is 1.97. The first-order valence-electron chi connectivity index (χ1n) is 4.72. The molecule has 0 aromatic carbocycles. The van der Waals surface area contributed by atoms with Crippen LogP contribution in [0.2, 0.25) is 5.15 Å². The molecule has 0 fully saturated rings. The Balaban J connectivity index is 2.58. The van der Waals surface area contributed by atoms with E-state index in [-0.39, 0.29) is 0 Å². The van der Waals surface area contributed by atoms with E-state index in [1.54, 1.807) is 12.4 Å². The highest BCUT2D eigenvalue weighted by Gasteiger charge is 2.09. The van der Waals surface area contributed by atoms with Crippen LogP contribution < -0.4 is 0 Å². The van der Waals surface area contributed by atoms with Crippen LogP contribution in [-0.2, 0) is 6.42 Å². The van der Waals surface area contributed by atoms with Gasteiger partial charge in [-0.3, -0.25) is 4.98 Å². The van der Waals surface area contributed by atoms with Crippen LogP contribution in [0.25, 0.3) is 11.3 Å². The Morgan fingerprint density at radius 3 is 2.60 bits per heavy atom. The molecule has 0 aliphatic rings. The number of hydrogen-bond donors (Lipinski definition) is 0. The van der Waals surface area contributed by atoms with Crippen molar-refractivity contribution >= 4 is 11.6 Å². The van der Waals surface area contributed by atoms with Gasteiger partial charge in [-0.25, -0.2) is 9.97 Å². The van der Waals surface area contributed by atoms with Crippen molar-refractivity contribution < 1.29 is 0 Å². The van der Waals surface area contributed by atoms with Gasteiger partial charge in [0.05, 0.1) is 5.69 Å². The second kappa shape index (κ2) is 4.36. The molecule has 2 rings (SSSR count). The zero-order chi connectivity index (χ0) is 10.7. The van der Waals surface area contributed by atoms with E-state index < -0.39 is 0 Å². The van der Waals surface area contributed by atoms with Gasteiger partial charge < -0.3 is 0 Å². The summed E-state index contributed by atoms with van der Waals surface area (Å²) in [6.45, 7) is 2.04. The van der Waals surface area contributed by atoms with Crippen molar-refractivity contribution in [2.45, 2.75) is 13.3 Å². The fourth-order valence-electron chi connectivity index (χ4n) is 1.46. The molecule has 0 saturated heterocycles. The number of halogens is 1. The van der Waals surface area contributed by atoms with Crippen LogP contribution in [-0.4, -0.2) is 15.0 Å². The summed E-state index contributed by atoms with van der Waals surface area (Å²) in [7, 11) is 0. The molecule has 76 valence electrons. The molecule has 0 spiro atoms. The predicted octanol–water partition coefficient (Wildman–Crippen LogP) is 2.75. The van der Waals surface area contributed by atoms with Gasteiger partial charge in [0.25, 0.3) is 0 Å². The zero-order valence-corrected chi connectivity index (χ0v) is 9.07. The molecule has 0 aliphatic heterocycles. The first-order valence-corrected chi connectivity index (χ1v) is 5.10. The van der Waals surface area contributed by atoms with Crippen molar-refractivity contribution in [3.8, 4) is 11.3 Å². The molecule has 2 aromatic heterocycles. The lowest BCUT2D eigenvalue weighted by atomic mass is 10.1.